The van der Waals surface area contributed by atoms with Crippen LogP contribution in [-0.4, -0.2) is 36.2 Å². The van der Waals surface area contributed by atoms with Crippen LogP contribution in [0.15, 0.2) is 0 Å². The van der Waals surface area contributed by atoms with E-state index in [1.165, 1.54) is 0 Å². The van der Waals surface area contributed by atoms with Gasteiger partial charge in [0.2, 0.25) is 0 Å². The lowest BCUT2D eigenvalue weighted by Crippen LogP contribution is -2.55. The van der Waals surface area contributed by atoms with E-state index in [4.69, 9.17) is 0 Å². The molecule has 3 N–H and O–H groups in total. The Kier molecular flexibility index (Phi) is 3.05. The Balaban J connectivity index is 2.50. The zero-order valence-electron chi connectivity index (χ0n) is 7.39. The summed E-state index contributed by atoms with van der Waals surface area (Å²) >= 11 is 0. The van der Waals surface area contributed by atoms with Crippen molar-refractivity contribution in [1.29, 1.82) is 0 Å². The quantitative estimate of drug-likeness (QED) is 0.513. The van der Waals surface area contributed by atoms with Gasteiger partial charge in [0.1, 0.15) is 0 Å². The molecule has 1 saturated heterocycles. The van der Waals surface area contributed by atoms with E-state index in [9.17, 15) is 9.90 Å². The van der Waals surface area contributed by atoms with Crippen molar-refractivity contribution in [2.24, 2.45) is 0 Å². The van der Waals surface area contributed by atoms with Crippen LogP contribution in [0.2, 0.25) is 0 Å². The monoisotopic (exact) mass is 172 g/mol. The van der Waals surface area contributed by atoms with Gasteiger partial charge in [-0.2, -0.15) is 0 Å². The van der Waals surface area contributed by atoms with Crippen LogP contribution < -0.4 is 10.6 Å². The third kappa shape index (κ3) is 1.95. The molecular formula is C8H16N2O2. The van der Waals surface area contributed by atoms with Crippen molar-refractivity contribution >= 4 is 5.91 Å². The second-order valence-corrected chi connectivity index (χ2v) is 3.17. The molecular weight excluding hydrogens is 156 g/mol. The highest BCUT2D eigenvalue weighted by Gasteiger charge is 2.36. The fourth-order valence-electron chi connectivity index (χ4n) is 1.41. The molecule has 70 valence electrons. The first-order valence-corrected chi connectivity index (χ1v) is 4.40. The second kappa shape index (κ2) is 3.87. The molecule has 0 aromatic rings. The Bertz CT molecular complexity index is 164. The van der Waals surface area contributed by atoms with Crippen molar-refractivity contribution in [3.8, 4) is 0 Å². The summed E-state index contributed by atoms with van der Waals surface area (Å²) in [5, 5.41) is 15.4. The number of hydrogen-bond acceptors (Lipinski definition) is 3. The van der Waals surface area contributed by atoms with E-state index in [1.54, 1.807) is 0 Å². The highest BCUT2D eigenvalue weighted by molar-refractivity contribution is 5.85. The standard InChI is InChI=1S/C8H16N2O2/c1-2-10-7(11)8(12)4-3-5-9-6-8/h9,12H,2-6H2,1H3,(H,10,11)/t8-/m0/s1. The van der Waals surface area contributed by atoms with E-state index >= 15 is 0 Å². The van der Waals surface area contributed by atoms with Crippen LogP contribution in [0.4, 0.5) is 0 Å². The molecule has 0 bridgehead atoms. The van der Waals surface area contributed by atoms with Crippen LogP contribution in [0.3, 0.4) is 0 Å². The van der Waals surface area contributed by atoms with E-state index in [0.717, 1.165) is 13.0 Å². The van der Waals surface area contributed by atoms with Crippen LogP contribution >= 0.6 is 0 Å². The van der Waals surface area contributed by atoms with Gasteiger partial charge in [0, 0.05) is 13.1 Å². The topological polar surface area (TPSA) is 61.4 Å². The lowest BCUT2D eigenvalue weighted by molar-refractivity contribution is -0.141. The summed E-state index contributed by atoms with van der Waals surface area (Å²) in [6.07, 6.45) is 1.42. The maximum Gasteiger partial charge on any atom is 0.253 e. The number of hydrogen-bond donors (Lipinski definition) is 3. The Morgan fingerprint density at radius 2 is 2.50 bits per heavy atom. The molecule has 0 aromatic heterocycles. The first-order chi connectivity index (χ1) is 5.69. The van der Waals surface area contributed by atoms with E-state index in [-0.39, 0.29) is 5.91 Å². The molecule has 1 aliphatic heterocycles. The Morgan fingerprint density at radius 3 is 3.00 bits per heavy atom. The number of carbonyl (C=O) groups excluding carboxylic acids is 1. The van der Waals surface area contributed by atoms with Crippen LogP contribution in [0.5, 0.6) is 0 Å². The fourth-order valence-corrected chi connectivity index (χ4v) is 1.41. The van der Waals surface area contributed by atoms with Crippen LogP contribution in [0.25, 0.3) is 0 Å². The molecule has 1 atom stereocenters. The molecule has 0 saturated carbocycles. The molecule has 0 aliphatic carbocycles. The van der Waals surface area contributed by atoms with Gasteiger partial charge in [-0.3, -0.25) is 4.79 Å². The minimum Gasteiger partial charge on any atom is -0.379 e. The summed E-state index contributed by atoms with van der Waals surface area (Å²) in [5.41, 5.74) is -1.17. The average Bonchev–Trinajstić information content (AvgIpc) is 2.06. The number of nitrogens with one attached hydrogen (secondary N) is 2. The molecule has 0 aromatic carbocycles. The number of amides is 1. The van der Waals surface area contributed by atoms with E-state index in [1.807, 2.05) is 6.92 Å². The smallest absolute Gasteiger partial charge is 0.253 e. The largest absolute Gasteiger partial charge is 0.379 e. The van der Waals surface area contributed by atoms with Crippen molar-refractivity contribution in [2.45, 2.75) is 25.4 Å². The maximum absolute atomic E-state index is 11.3. The minimum absolute atomic E-state index is 0.253. The third-order valence-corrected chi connectivity index (χ3v) is 2.12. The lowest BCUT2D eigenvalue weighted by Gasteiger charge is -2.30. The van der Waals surface area contributed by atoms with E-state index < -0.39 is 5.60 Å². The van der Waals surface area contributed by atoms with Gasteiger partial charge in [-0.15, -0.1) is 0 Å². The number of piperidine rings is 1. The lowest BCUT2D eigenvalue weighted by atomic mass is 9.93. The number of aliphatic hydroxyl groups is 1. The van der Waals surface area contributed by atoms with Crippen molar-refractivity contribution in [1.82, 2.24) is 10.6 Å². The first-order valence-electron chi connectivity index (χ1n) is 4.40. The van der Waals surface area contributed by atoms with Crippen molar-refractivity contribution < 1.29 is 9.90 Å². The molecule has 1 amide bonds. The van der Waals surface area contributed by atoms with Gasteiger partial charge in [0.25, 0.3) is 5.91 Å². The molecule has 1 heterocycles. The molecule has 4 nitrogen and oxygen atoms in total. The predicted octanol–water partition coefficient (Wildman–Crippen LogP) is -0.763. The Morgan fingerprint density at radius 1 is 1.75 bits per heavy atom. The molecule has 1 fully saturated rings. The van der Waals surface area contributed by atoms with Gasteiger partial charge in [0.05, 0.1) is 0 Å². The molecule has 12 heavy (non-hydrogen) atoms. The Labute approximate surface area is 72.3 Å². The molecule has 1 aliphatic rings. The van der Waals surface area contributed by atoms with E-state index in [2.05, 4.69) is 10.6 Å². The third-order valence-electron chi connectivity index (χ3n) is 2.12. The predicted molar refractivity (Wildman–Crippen MR) is 45.7 cm³/mol. The van der Waals surface area contributed by atoms with Gasteiger partial charge in [-0.25, -0.2) is 0 Å². The van der Waals surface area contributed by atoms with Crippen LogP contribution in [0, 0.1) is 0 Å². The molecule has 0 spiro atoms. The number of carbonyl (C=O) groups is 1. The molecule has 4 heteroatoms. The van der Waals surface area contributed by atoms with E-state index in [0.29, 0.717) is 19.5 Å². The summed E-state index contributed by atoms with van der Waals surface area (Å²) in [7, 11) is 0. The fraction of sp³-hybridized carbons (Fsp3) is 0.875. The number of rotatable bonds is 2. The Hall–Kier alpha value is -0.610. The van der Waals surface area contributed by atoms with Gasteiger partial charge in [-0.05, 0) is 26.3 Å². The van der Waals surface area contributed by atoms with Gasteiger partial charge in [-0.1, -0.05) is 0 Å². The summed E-state index contributed by atoms with van der Waals surface area (Å²) in [6.45, 7) is 3.68. The van der Waals surface area contributed by atoms with Gasteiger partial charge >= 0.3 is 0 Å². The SMILES string of the molecule is CCNC(=O)[C@]1(O)CCCNC1. The molecule has 0 radical (unpaired) electrons. The van der Waals surface area contributed by atoms with Crippen LogP contribution in [-0.2, 0) is 4.79 Å². The van der Waals surface area contributed by atoms with Crippen molar-refractivity contribution in [3.63, 3.8) is 0 Å². The zero-order chi connectivity index (χ0) is 9.03. The van der Waals surface area contributed by atoms with Crippen molar-refractivity contribution in [2.75, 3.05) is 19.6 Å². The van der Waals surface area contributed by atoms with Gasteiger partial charge < -0.3 is 15.7 Å². The summed E-state index contributed by atoms with van der Waals surface area (Å²) in [5.74, 6) is -0.253. The normalized spacial score (nSPS) is 29.8. The van der Waals surface area contributed by atoms with Crippen LogP contribution in [0.1, 0.15) is 19.8 Å². The second-order valence-electron chi connectivity index (χ2n) is 3.17. The number of β-amino-alcohol motifs (C(OH)–C–C–N with tert-alkyl or cyclic N) is 1. The molecule has 1 rings (SSSR count). The summed E-state index contributed by atoms with van der Waals surface area (Å²) in [6, 6.07) is 0. The van der Waals surface area contributed by atoms with Gasteiger partial charge in [0.15, 0.2) is 5.60 Å². The van der Waals surface area contributed by atoms with Crippen molar-refractivity contribution in [3.05, 3.63) is 0 Å². The number of likely N-dealkylation sites (N-methyl/N-ethyl adjacent to an activating group) is 1. The zero-order valence-corrected chi connectivity index (χ0v) is 7.39. The first kappa shape index (κ1) is 9.48. The highest BCUT2D eigenvalue weighted by atomic mass is 16.3. The summed E-state index contributed by atoms with van der Waals surface area (Å²) in [4.78, 5) is 11.3. The summed E-state index contributed by atoms with van der Waals surface area (Å²) < 4.78 is 0. The molecule has 0 unspecified atom stereocenters. The average molecular weight is 172 g/mol. The highest BCUT2D eigenvalue weighted by Crippen LogP contribution is 2.15. The minimum atomic E-state index is -1.17. The maximum atomic E-state index is 11.3.